The summed E-state index contributed by atoms with van der Waals surface area (Å²) in [6.07, 6.45) is 0.0532. The second kappa shape index (κ2) is 9.35. The summed E-state index contributed by atoms with van der Waals surface area (Å²) in [5.74, 6) is -0.0103. The van der Waals surface area contributed by atoms with Gasteiger partial charge in [0, 0.05) is 11.9 Å². The number of hydrogen-bond donors (Lipinski definition) is 1. The lowest BCUT2D eigenvalue weighted by atomic mass is 10.5. The SMILES string of the molecule is CC(C)OCCS(=O)(=O)NCCOCCBr. The Hall–Kier alpha value is 0.310. The van der Waals surface area contributed by atoms with E-state index in [2.05, 4.69) is 20.7 Å². The average molecular weight is 318 g/mol. The van der Waals surface area contributed by atoms with Gasteiger partial charge in [-0.3, -0.25) is 0 Å². The zero-order valence-electron chi connectivity index (χ0n) is 9.74. The van der Waals surface area contributed by atoms with Crippen LogP contribution in [0.15, 0.2) is 0 Å². The van der Waals surface area contributed by atoms with E-state index in [-0.39, 0.29) is 18.5 Å². The summed E-state index contributed by atoms with van der Waals surface area (Å²) in [5.41, 5.74) is 0. The van der Waals surface area contributed by atoms with Crippen LogP contribution in [0.4, 0.5) is 0 Å². The maximum absolute atomic E-state index is 11.4. The van der Waals surface area contributed by atoms with Gasteiger partial charge >= 0.3 is 0 Å². The number of halogens is 1. The van der Waals surface area contributed by atoms with Crippen molar-refractivity contribution in [3.05, 3.63) is 0 Å². The first-order valence-electron chi connectivity index (χ1n) is 5.20. The van der Waals surface area contributed by atoms with Crippen molar-refractivity contribution in [3.8, 4) is 0 Å². The third-order valence-electron chi connectivity index (χ3n) is 1.59. The Morgan fingerprint density at radius 3 is 2.50 bits per heavy atom. The molecule has 0 saturated heterocycles. The summed E-state index contributed by atoms with van der Waals surface area (Å²) < 4.78 is 35.5. The van der Waals surface area contributed by atoms with Crippen molar-refractivity contribution in [2.24, 2.45) is 0 Å². The van der Waals surface area contributed by atoms with Gasteiger partial charge in [0.05, 0.1) is 31.7 Å². The fraction of sp³-hybridized carbons (Fsp3) is 1.00. The Bertz CT molecular complexity index is 256. The van der Waals surface area contributed by atoms with Gasteiger partial charge in [-0.15, -0.1) is 0 Å². The standard InChI is InChI=1S/C9H20BrNO4S/c1-9(2)15-7-8-16(12,13)11-4-6-14-5-3-10/h9,11H,3-8H2,1-2H3. The molecule has 0 aromatic rings. The first kappa shape index (κ1) is 16.3. The zero-order valence-corrected chi connectivity index (χ0v) is 12.1. The molecule has 0 saturated carbocycles. The van der Waals surface area contributed by atoms with Crippen molar-refractivity contribution in [1.82, 2.24) is 4.72 Å². The first-order valence-corrected chi connectivity index (χ1v) is 7.98. The van der Waals surface area contributed by atoms with Crippen molar-refractivity contribution in [2.45, 2.75) is 20.0 Å². The van der Waals surface area contributed by atoms with E-state index in [1.54, 1.807) is 0 Å². The molecule has 0 heterocycles. The maximum Gasteiger partial charge on any atom is 0.213 e. The predicted molar refractivity (Wildman–Crippen MR) is 67.5 cm³/mol. The van der Waals surface area contributed by atoms with Crippen molar-refractivity contribution in [3.63, 3.8) is 0 Å². The summed E-state index contributed by atoms with van der Waals surface area (Å²) in [5, 5.41) is 0.752. The summed E-state index contributed by atoms with van der Waals surface area (Å²) >= 11 is 3.21. The quantitative estimate of drug-likeness (QED) is 0.477. The lowest BCUT2D eigenvalue weighted by Crippen LogP contribution is -2.31. The average Bonchev–Trinajstić information content (AvgIpc) is 2.16. The minimum absolute atomic E-state index is 0.0103. The molecule has 0 spiro atoms. The largest absolute Gasteiger partial charge is 0.379 e. The number of hydrogen-bond acceptors (Lipinski definition) is 4. The highest BCUT2D eigenvalue weighted by molar-refractivity contribution is 9.09. The van der Waals surface area contributed by atoms with E-state index in [9.17, 15) is 8.42 Å². The number of rotatable bonds is 10. The summed E-state index contributed by atoms with van der Waals surface area (Å²) in [6.45, 7) is 5.22. The van der Waals surface area contributed by atoms with Crippen LogP contribution in [0.25, 0.3) is 0 Å². The fourth-order valence-corrected chi connectivity index (χ4v) is 1.97. The maximum atomic E-state index is 11.4. The highest BCUT2D eigenvalue weighted by Crippen LogP contribution is 1.90. The molecule has 1 N–H and O–H groups in total. The fourth-order valence-electron chi connectivity index (χ4n) is 0.892. The van der Waals surface area contributed by atoms with Crippen LogP contribution in [0, 0.1) is 0 Å². The summed E-state index contributed by atoms with van der Waals surface area (Å²) in [4.78, 5) is 0. The Labute approximate surface area is 106 Å². The Morgan fingerprint density at radius 1 is 1.25 bits per heavy atom. The van der Waals surface area contributed by atoms with Gasteiger partial charge in [0.1, 0.15) is 0 Å². The van der Waals surface area contributed by atoms with Gasteiger partial charge in [0.2, 0.25) is 10.0 Å². The summed E-state index contributed by atoms with van der Waals surface area (Å²) in [7, 11) is -3.23. The highest BCUT2D eigenvalue weighted by Gasteiger charge is 2.09. The van der Waals surface area contributed by atoms with Gasteiger partial charge in [0.25, 0.3) is 0 Å². The molecule has 0 rings (SSSR count). The Kier molecular flexibility index (Phi) is 9.53. The Morgan fingerprint density at radius 2 is 1.94 bits per heavy atom. The monoisotopic (exact) mass is 317 g/mol. The number of ether oxygens (including phenoxy) is 2. The van der Waals surface area contributed by atoms with E-state index in [0.717, 1.165) is 5.33 Å². The normalized spacial score (nSPS) is 12.2. The molecule has 0 amide bonds. The third kappa shape index (κ3) is 10.8. The molecular weight excluding hydrogens is 298 g/mol. The highest BCUT2D eigenvalue weighted by atomic mass is 79.9. The van der Waals surface area contributed by atoms with Crippen LogP contribution in [-0.2, 0) is 19.5 Å². The van der Waals surface area contributed by atoms with E-state index in [1.165, 1.54) is 0 Å². The zero-order chi connectivity index (χ0) is 12.4. The molecule has 98 valence electrons. The number of sulfonamides is 1. The second-order valence-corrected chi connectivity index (χ2v) is 6.15. The molecule has 16 heavy (non-hydrogen) atoms. The van der Waals surface area contributed by atoms with Crippen molar-refractivity contribution >= 4 is 26.0 Å². The molecule has 0 aliphatic rings. The molecule has 0 aromatic heterocycles. The molecule has 0 atom stereocenters. The van der Waals surface area contributed by atoms with Gasteiger partial charge in [-0.2, -0.15) is 0 Å². The molecule has 0 radical (unpaired) electrons. The van der Waals surface area contributed by atoms with Crippen LogP contribution in [0.2, 0.25) is 0 Å². The van der Waals surface area contributed by atoms with Crippen LogP contribution >= 0.6 is 15.9 Å². The molecule has 5 nitrogen and oxygen atoms in total. The van der Waals surface area contributed by atoms with Crippen LogP contribution in [-0.4, -0.2) is 52.0 Å². The Balaban J connectivity index is 3.55. The van der Waals surface area contributed by atoms with Crippen LogP contribution in [0.3, 0.4) is 0 Å². The van der Waals surface area contributed by atoms with Gasteiger partial charge in [-0.25, -0.2) is 13.1 Å². The molecule has 0 unspecified atom stereocenters. The van der Waals surface area contributed by atoms with E-state index in [4.69, 9.17) is 9.47 Å². The number of alkyl halides is 1. The molecule has 0 aliphatic carbocycles. The van der Waals surface area contributed by atoms with Crippen molar-refractivity contribution in [1.29, 1.82) is 0 Å². The van der Waals surface area contributed by atoms with E-state index >= 15 is 0 Å². The van der Waals surface area contributed by atoms with Gasteiger partial charge in [0.15, 0.2) is 0 Å². The smallest absolute Gasteiger partial charge is 0.213 e. The predicted octanol–water partition coefficient (Wildman–Crippen LogP) is 0.742. The minimum Gasteiger partial charge on any atom is -0.379 e. The summed E-state index contributed by atoms with van der Waals surface area (Å²) in [6, 6.07) is 0. The van der Waals surface area contributed by atoms with Gasteiger partial charge in [-0.05, 0) is 13.8 Å². The van der Waals surface area contributed by atoms with E-state index < -0.39 is 10.0 Å². The lowest BCUT2D eigenvalue weighted by Gasteiger charge is -2.09. The molecule has 0 bridgehead atoms. The molecular formula is C9H20BrNO4S. The minimum atomic E-state index is -3.23. The van der Waals surface area contributed by atoms with E-state index in [0.29, 0.717) is 19.8 Å². The van der Waals surface area contributed by atoms with Gasteiger partial charge < -0.3 is 9.47 Å². The topological polar surface area (TPSA) is 64.6 Å². The molecule has 7 heteroatoms. The lowest BCUT2D eigenvalue weighted by molar-refractivity contribution is 0.0911. The second-order valence-electron chi connectivity index (χ2n) is 3.43. The van der Waals surface area contributed by atoms with Crippen LogP contribution in [0.1, 0.15) is 13.8 Å². The van der Waals surface area contributed by atoms with Crippen LogP contribution < -0.4 is 4.72 Å². The van der Waals surface area contributed by atoms with Crippen molar-refractivity contribution < 1.29 is 17.9 Å². The number of nitrogens with one attached hydrogen (secondary N) is 1. The molecule has 0 aromatic carbocycles. The third-order valence-corrected chi connectivity index (χ3v) is 3.26. The molecule has 0 fully saturated rings. The van der Waals surface area contributed by atoms with Crippen LogP contribution in [0.5, 0.6) is 0 Å². The van der Waals surface area contributed by atoms with Crippen molar-refractivity contribution in [2.75, 3.05) is 37.4 Å². The first-order chi connectivity index (χ1) is 7.48. The molecule has 0 aliphatic heterocycles. The van der Waals surface area contributed by atoms with E-state index in [1.807, 2.05) is 13.8 Å². The van der Waals surface area contributed by atoms with Gasteiger partial charge in [-0.1, -0.05) is 15.9 Å².